The van der Waals surface area contributed by atoms with Crippen molar-refractivity contribution in [1.82, 2.24) is 14.7 Å². The van der Waals surface area contributed by atoms with Crippen molar-refractivity contribution in [2.24, 2.45) is 0 Å². The van der Waals surface area contributed by atoms with Crippen LogP contribution in [0.1, 0.15) is 37.0 Å². The number of aryl methyl sites for hydroxylation is 2. The van der Waals surface area contributed by atoms with Gasteiger partial charge < -0.3 is 4.90 Å². The van der Waals surface area contributed by atoms with Gasteiger partial charge in [-0.25, -0.2) is 0 Å². The Bertz CT molecular complexity index is 412. The van der Waals surface area contributed by atoms with Crippen molar-refractivity contribution in [1.29, 1.82) is 0 Å². The molecule has 1 aromatic heterocycles. The van der Waals surface area contributed by atoms with Gasteiger partial charge in [0.2, 0.25) is 0 Å². The van der Waals surface area contributed by atoms with Crippen LogP contribution in [0.25, 0.3) is 0 Å². The highest BCUT2D eigenvalue weighted by atomic mass is 79.9. The lowest BCUT2D eigenvalue weighted by Gasteiger charge is -2.34. The first-order valence-corrected chi connectivity index (χ1v) is 6.84. The minimum absolute atomic E-state index is 0.0110. The van der Waals surface area contributed by atoms with Crippen molar-refractivity contribution in [3.63, 3.8) is 0 Å². The lowest BCUT2D eigenvalue weighted by atomic mass is 10.1. The van der Waals surface area contributed by atoms with E-state index < -0.39 is 0 Å². The number of hydrogen-bond donors (Lipinski definition) is 0. The van der Waals surface area contributed by atoms with Crippen LogP contribution in [0.3, 0.4) is 0 Å². The van der Waals surface area contributed by atoms with Gasteiger partial charge in [0, 0.05) is 24.5 Å². The number of alkyl halides is 1. The Morgan fingerprint density at radius 3 is 2.65 bits per heavy atom. The molecule has 0 atom stereocenters. The molecule has 1 heterocycles. The molecular weight excluding hydrogens is 282 g/mol. The number of amides is 1. The first-order valence-electron chi connectivity index (χ1n) is 5.72. The van der Waals surface area contributed by atoms with Crippen LogP contribution in [0.5, 0.6) is 0 Å². The number of carbonyl (C=O) groups is 1. The van der Waals surface area contributed by atoms with E-state index in [-0.39, 0.29) is 11.4 Å². The summed E-state index contributed by atoms with van der Waals surface area (Å²) in [6.45, 7) is 8.65. The minimum Gasteiger partial charge on any atom is -0.334 e. The van der Waals surface area contributed by atoms with Crippen molar-refractivity contribution in [2.45, 2.75) is 39.8 Å². The van der Waals surface area contributed by atoms with E-state index in [2.05, 4.69) is 21.0 Å². The highest BCUT2D eigenvalue weighted by Gasteiger charge is 2.29. The van der Waals surface area contributed by atoms with Crippen molar-refractivity contribution in [3.8, 4) is 0 Å². The fourth-order valence-corrected chi connectivity index (χ4v) is 1.87. The van der Waals surface area contributed by atoms with Gasteiger partial charge in [-0.2, -0.15) is 5.10 Å². The van der Waals surface area contributed by atoms with Gasteiger partial charge in [0.05, 0.1) is 5.69 Å². The third-order valence-electron chi connectivity index (χ3n) is 2.96. The Balaban J connectivity index is 3.04. The van der Waals surface area contributed by atoms with Crippen LogP contribution in [0.15, 0.2) is 6.07 Å². The number of carbonyl (C=O) groups excluding carboxylic acids is 1. The van der Waals surface area contributed by atoms with Crippen molar-refractivity contribution in [3.05, 3.63) is 17.5 Å². The van der Waals surface area contributed by atoms with E-state index in [4.69, 9.17) is 0 Å². The normalized spacial score (nSPS) is 11.6. The van der Waals surface area contributed by atoms with Gasteiger partial charge >= 0.3 is 0 Å². The maximum absolute atomic E-state index is 12.4. The molecule has 0 bridgehead atoms. The molecule has 5 heteroatoms. The molecule has 0 saturated carbocycles. The Hall–Kier alpha value is -0.840. The maximum atomic E-state index is 12.4. The van der Waals surface area contributed by atoms with E-state index in [1.54, 1.807) is 9.58 Å². The minimum atomic E-state index is -0.214. The van der Waals surface area contributed by atoms with E-state index in [9.17, 15) is 4.79 Å². The molecule has 0 N–H and O–H groups in total. The van der Waals surface area contributed by atoms with Crippen molar-refractivity contribution >= 4 is 21.8 Å². The molecule has 4 nitrogen and oxygen atoms in total. The van der Waals surface area contributed by atoms with E-state index in [0.29, 0.717) is 12.2 Å². The summed E-state index contributed by atoms with van der Waals surface area (Å²) in [6, 6.07) is 1.84. The zero-order valence-electron chi connectivity index (χ0n) is 11.1. The zero-order valence-corrected chi connectivity index (χ0v) is 12.7. The first kappa shape index (κ1) is 14.2. The molecule has 1 rings (SSSR count). The SMILES string of the molecule is CCn1nc(C)cc1C(=O)N(C)C(C)(C)CBr. The van der Waals surface area contributed by atoms with Gasteiger partial charge in [-0.05, 0) is 33.8 Å². The molecule has 96 valence electrons. The highest BCUT2D eigenvalue weighted by molar-refractivity contribution is 9.09. The van der Waals surface area contributed by atoms with E-state index >= 15 is 0 Å². The van der Waals surface area contributed by atoms with Crippen LogP contribution < -0.4 is 0 Å². The average molecular weight is 302 g/mol. The molecule has 0 spiro atoms. The second-order valence-corrected chi connectivity index (χ2v) is 5.36. The molecular formula is C12H20BrN3O. The van der Waals surface area contributed by atoms with Crippen molar-refractivity contribution in [2.75, 3.05) is 12.4 Å². The van der Waals surface area contributed by atoms with Crippen LogP contribution in [0.2, 0.25) is 0 Å². The van der Waals surface area contributed by atoms with Crippen LogP contribution in [-0.2, 0) is 6.54 Å². The number of nitrogens with zero attached hydrogens (tertiary/aromatic N) is 3. The Kier molecular flexibility index (Phi) is 4.36. The molecule has 0 fully saturated rings. The van der Waals surface area contributed by atoms with Crippen molar-refractivity contribution < 1.29 is 4.79 Å². The highest BCUT2D eigenvalue weighted by Crippen LogP contribution is 2.18. The van der Waals surface area contributed by atoms with Crippen LogP contribution in [0, 0.1) is 6.92 Å². The van der Waals surface area contributed by atoms with Gasteiger partial charge in [-0.15, -0.1) is 0 Å². The number of rotatable bonds is 4. The molecule has 0 aliphatic heterocycles. The first-order chi connectivity index (χ1) is 7.83. The molecule has 1 amide bonds. The topological polar surface area (TPSA) is 38.1 Å². The summed E-state index contributed by atoms with van der Waals surface area (Å²) in [6.07, 6.45) is 0. The fraction of sp³-hybridized carbons (Fsp3) is 0.667. The fourth-order valence-electron chi connectivity index (χ4n) is 1.50. The summed E-state index contributed by atoms with van der Waals surface area (Å²) in [7, 11) is 1.83. The number of aromatic nitrogens is 2. The quantitative estimate of drug-likeness (QED) is 0.801. The van der Waals surface area contributed by atoms with Gasteiger partial charge in [-0.1, -0.05) is 15.9 Å². The molecule has 17 heavy (non-hydrogen) atoms. The molecule has 0 aliphatic carbocycles. The molecule has 0 unspecified atom stereocenters. The third kappa shape index (κ3) is 2.89. The van der Waals surface area contributed by atoms with Gasteiger partial charge in [-0.3, -0.25) is 9.48 Å². The second-order valence-electron chi connectivity index (χ2n) is 4.80. The summed E-state index contributed by atoms with van der Waals surface area (Å²) in [5, 5.41) is 5.04. The van der Waals surface area contributed by atoms with Crippen LogP contribution in [-0.4, -0.2) is 38.5 Å². The molecule has 0 aliphatic rings. The monoisotopic (exact) mass is 301 g/mol. The smallest absolute Gasteiger partial charge is 0.272 e. The maximum Gasteiger partial charge on any atom is 0.272 e. The lowest BCUT2D eigenvalue weighted by Crippen LogP contribution is -2.46. The second kappa shape index (κ2) is 5.21. The van der Waals surface area contributed by atoms with E-state index in [0.717, 1.165) is 11.0 Å². The average Bonchev–Trinajstić information content (AvgIpc) is 2.68. The van der Waals surface area contributed by atoms with E-state index in [1.807, 2.05) is 40.8 Å². The summed E-state index contributed by atoms with van der Waals surface area (Å²) in [4.78, 5) is 14.1. The summed E-state index contributed by atoms with van der Waals surface area (Å²) >= 11 is 3.44. The van der Waals surface area contributed by atoms with E-state index in [1.165, 1.54) is 0 Å². The van der Waals surface area contributed by atoms with Gasteiger partial charge in [0.1, 0.15) is 5.69 Å². The molecule has 1 aromatic rings. The summed E-state index contributed by atoms with van der Waals surface area (Å²) in [5.41, 5.74) is 1.31. The largest absolute Gasteiger partial charge is 0.334 e. The summed E-state index contributed by atoms with van der Waals surface area (Å²) in [5.74, 6) is 0.0110. The van der Waals surface area contributed by atoms with Crippen LogP contribution in [0.4, 0.5) is 0 Å². The lowest BCUT2D eigenvalue weighted by molar-refractivity contribution is 0.0651. The standard InChI is InChI=1S/C12H20BrN3O/c1-6-16-10(7-9(2)14-16)11(17)15(5)12(3,4)8-13/h7H,6,8H2,1-5H3. The van der Waals surface area contributed by atoms with Crippen LogP contribution >= 0.6 is 15.9 Å². The zero-order chi connectivity index (χ0) is 13.2. The number of halogens is 1. The predicted octanol–water partition coefficient (Wildman–Crippen LogP) is 2.46. The molecule has 0 saturated heterocycles. The molecule has 0 aromatic carbocycles. The summed E-state index contributed by atoms with van der Waals surface area (Å²) < 4.78 is 1.75. The Morgan fingerprint density at radius 1 is 1.59 bits per heavy atom. The van der Waals surface area contributed by atoms with Gasteiger partial charge in [0.15, 0.2) is 0 Å². The predicted molar refractivity (Wildman–Crippen MR) is 72.6 cm³/mol. The molecule has 0 radical (unpaired) electrons. The van der Waals surface area contributed by atoms with Gasteiger partial charge in [0.25, 0.3) is 5.91 Å². The number of hydrogen-bond acceptors (Lipinski definition) is 2. The third-order valence-corrected chi connectivity index (χ3v) is 4.33. The Labute approximate surface area is 111 Å². The Morgan fingerprint density at radius 2 is 2.18 bits per heavy atom.